The number of piperazine rings is 1. The Morgan fingerprint density at radius 2 is 1.73 bits per heavy atom. The van der Waals surface area contributed by atoms with Crippen LogP contribution in [0.2, 0.25) is 10.0 Å². The van der Waals surface area contributed by atoms with E-state index in [1.54, 1.807) is 18.3 Å². The van der Waals surface area contributed by atoms with E-state index in [0.29, 0.717) is 17.0 Å². The molecule has 1 atom stereocenters. The third-order valence-corrected chi connectivity index (χ3v) is 6.95. The van der Waals surface area contributed by atoms with Gasteiger partial charge in [0.15, 0.2) is 0 Å². The first-order valence-electron chi connectivity index (χ1n) is 11.2. The molecule has 0 bridgehead atoms. The quantitative estimate of drug-likeness (QED) is 0.498. The lowest BCUT2D eigenvalue weighted by Gasteiger charge is -2.36. The molecule has 3 aromatic rings. The Balaban J connectivity index is 1.45. The van der Waals surface area contributed by atoms with E-state index in [1.807, 2.05) is 18.2 Å². The van der Waals surface area contributed by atoms with Crippen LogP contribution in [0.4, 0.5) is 22.0 Å². The summed E-state index contributed by atoms with van der Waals surface area (Å²) in [6, 6.07) is 10.8. The number of rotatable bonds is 4. The Morgan fingerprint density at radius 1 is 0.939 bits per heavy atom. The SMILES string of the molecule is C[C@H]1CCCN1c1nc(-c2ccc(F)c(Cl)c2)cc(N2CCN(c3ncccc3Cl)CC2)n1. The maximum Gasteiger partial charge on any atom is 0.228 e. The maximum absolute atomic E-state index is 13.8. The van der Waals surface area contributed by atoms with Gasteiger partial charge in [-0.25, -0.2) is 14.4 Å². The van der Waals surface area contributed by atoms with E-state index in [2.05, 4.69) is 26.6 Å². The number of hydrogen-bond donors (Lipinski definition) is 0. The number of benzene rings is 1. The van der Waals surface area contributed by atoms with Gasteiger partial charge in [-0.2, -0.15) is 4.98 Å². The van der Waals surface area contributed by atoms with Gasteiger partial charge in [0.25, 0.3) is 0 Å². The maximum atomic E-state index is 13.8. The smallest absolute Gasteiger partial charge is 0.228 e. The van der Waals surface area contributed by atoms with Crippen LogP contribution in [0.15, 0.2) is 42.6 Å². The predicted octanol–water partition coefficient (Wildman–Crippen LogP) is 5.30. The molecule has 2 aliphatic heterocycles. The molecule has 4 heterocycles. The van der Waals surface area contributed by atoms with E-state index in [9.17, 15) is 4.39 Å². The third kappa shape index (κ3) is 4.57. The molecule has 0 radical (unpaired) electrons. The van der Waals surface area contributed by atoms with Crippen LogP contribution in [0.1, 0.15) is 19.8 Å². The van der Waals surface area contributed by atoms with Crippen molar-refractivity contribution in [1.29, 1.82) is 0 Å². The van der Waals surface area contributed by atoms with Crippen LogP contribution >= 0.6 is 23.2 Å². The Kier molecular flexibility index (Phi) is 6.25. The highest BCUT2D eigenvalue weighted by Crippen LogP contribution is 2.31. The number of pyridine rings is 1. The molecule has 2 aliphatic rings. The van der Waals surface area contributed by atoms with E-state index < -0.39 is 5.82 Å². The number of anilines is 3. The average molecular weight is 487 g/mol. The largest absolute Gasteiger partial charge is 0.353 e. The van der Waals surface area contributed by atoms with Gasteiger partial charge in [-0.1, -0.05) is 23.2 Å². The summed E-state index contributed by atoms with van der Waals surface area (Å²) in [6.07, 6.45) is 4.01. The first-order valence-corrected chi connectivity index (χ1v) is 12.0. The monoisotopic (exact) mass is 486 g/mol. The highest BCUT2D eigenvalue weighted by molar-refractivity contribution is 6.33. The highest BCUT2D eigenvalue weighted by Gasteiger charge is 2.26. The fraction of sp³-hybridized carbons (Fsp3) is 0.375. The zero-order valence-electron chi connectivity index (χ0n) is 18.4. The van der Waals surface area contributed by atoms with Crippen LogP contribution in [-0.2, 0) is 0 Å². The van der Waals surface area contributed by atoms with E-state index in [-0.39, 0.29) is 5.02 Å². The van der Waals surface area contributed by atoms with Crippen molar-refractivity contribution in [3.63, 3.8) is 0 Å². The van der Waals surface area contributed by atoms with Gasteiger partial charge in [-0.3, -0.25) is 0 Å². The van der Waals surface area contributed by atoms with Gasteiger partial charge in [0.1, 0.15) is 17.5 Å². The lowest BCUT2D eigenvalue weighted by atomic mass is 10.1. The normalized spacial score (nSPS) is 18.8. The van der Waals surface area contributed by atoms with Gasteiger partial charge in [0.05, 0.1) is 15.7 Å². The summed E-state index contributed by atoms with van der Waals surface area (Å²) in [7, 11) is 0. The van der Waals surface area contributed by atoms with Crippen LogP contribution in [0.5, 0.6) is 0 Å². The van der Waals surface area contributed by atoms with E-state index >= 15 is 0 Å². The summed E-state index contributed by atoms with van der Waals surface area (Å²) in [4.78, 5) is 20.9. The molecule has 33 heavy (non-hydrogen) atoms. The summed E-state index contributed by atoms with van der Waals surface area (Å²) in [6.45, 7) is 6.26. The second-order valence-corrected chi connectivity index (χ2v) is 9.32. The van der Waals surface area contributed by atoms with Gasteiger partial charge < -0.3 is 14.7 Å². The van der Waals surface area contributed by atoms with Gasteiger partial charge in [0, 0.05) is 56.6 Å². The van der Waals surface area contributed by atoms with E-state index in [1.165, 1.54) is 6.07 Å². The van der Waals surface area contributed by atoms with Crippen LogP contribution in [0.3, 0.4) is 0 Å². The standard InChI is InChI=1S/C24H25Cl2FN6/c1-16-4-3-9-33(16)24-29-21(17-6-7-20(27)19(26)14-17)15-22(30-24)31-10-12-32(13-11-31)23-18(25)5-2-8-28-23/h2,5-8,14-16H,3-4,9-13H2,1H3/t16-/m0/s1. The summed E-state index contributed by atoms with van der Waals surface area (Å²) in [5.41, 5.74) is 1.52. The molecule has 0 amide bonds. The second kappa shape index (κ2) is 9.31. The van der Waals surface area contributed by atoms with Crippen molar-refractivity contribution >= 4 is 40.8 Å². The molecular weight excluding hydrogens is 462 g/mol. The molecule has 172 valence electrons. The summed E-state index contributed by atoms with van der Waals surface area (Å²) in [5, 5.41) is 0.748. The fourth-order valence-corrected chi connectivity index (χ4v) is 4.93. The van der Waals surface area contributed by atoms with Crippen LogP contribution in [0, 0.1) is 5.82 Å². The van der Waals surface area contributed by atoms with Crippen LogP contribution in [-0.4, -0.2) is 53.7 Å². The molecule has 0 spiro atoms. The lowest BCUT2D eigenvalue weighted by Crippen LogP contribution is -2.47. The summed E-state index contributed by atoms with van der Waals surface area (Å²) >= 11 is 12.4. The topological polar surface area (TPSA) is 48.4 Å². The summed E-state index contributed by atoms with van der Waals surface area (Å²) in [5.74, 6) is 1.95. The predicted molar refractivity (Wildman–Crippen MR) is 132 cm³/mol. The van der Waals surface area contributed by atoms with Gasteiger partial charge in [-0.05, 0) is 50.1 Å². The Labute approximate surface area is 203 Å². The molecule has 0 aliphatic carbocycles. The number of nitrogens with zero attached hydrogens (tertiary/aromatic N) is 6. The van der Waals surface area contributed by atoms with Crippen molar-refractivity contribution in [2.24, 2.45) is 0 Å². The fourth-order valence-electron chi connectivity index (χ4n) is 4.50. The number of halogens is 3. The Bertz CT molecular complexity index is 1150. The molecule has 0 N–H and O–H groups in total. The van der Waals surface area contributed by atoms with Crippen molar-refractivity contribution in [3.8, 4) is 11.3 Å². The minimum Gasteiger partial charge on any atom is -0.353 e. The van der Waals surface area contributed by atoms with Gasteiger partial charge in [-0.15, -0.1) is 0 Å². The lowest BCUT2D eigenvalue weighted by molar-refractivity contribution is 0.628. The first kappa shape index (κ1) is 22.2. The van der Waals surface area contributed by atoms with Crippen LogP contribution in [0.25, 0.3) is 11.3 Å². The highest BCUT2D eigenvalue weighted by atomic mass is 35.5. The van der Waals surface area contributed by atoms with Crippen molar-refractivity contribution in [1.82, 2.24) is 15.0 Å². The molecule has 2 aromatic heterocycles. The van der Waals surface area contributed by atoms with Gasteiger partial charge >= 0.3 is 0 Å². The van der Waals surface area contributed by atoms with Crippen molar-refractivity contribution in [2.45, 2.75) is 25.8 Å². The molecular formula is C24H25Cl2FN6. The van der Waals surface area contributed by atoms with Gasteiger partial charge in [0.2, 0.25) is 5.95 Å². The van der Waals surface area contributed by atoms with Crippen molar-refractivity contribution in [3.05, 3.63) is 58.5 Å². The number of hydrogen-bond acceptors (Lipinski definition) is 6. The summed E-state index contributed by atoms with van der Waals surface area (Å²) < 4.78 is 13.8. The van der Waals surface area contributed by atoms with Crippen molar-refractivity contribution in [2.75, 3.05) is 47.4 Å². The van der Waals surface area contributed by atoms with E-state index in [0.717, 1.165) is 68.5 Å². The second-order valence-electron chi connectivity index (χ2n) is 8.51. The molecule has 5 rings (SSSR count). The molecule has 9 heteroatoms. The number of aromatic nitrogens is 3. The zero-order valence-corrected chi connectivity index (χ0v) is 19.9. The molecule has 6 nitrogen and oxygen atoms in total. The van der Waals surface area contributed by atoms with Crippen molar-refractivity contribution < 1.29 is 4.39 Å². The zero-order chi connectivity index (χ0) is 22.9. The molecule has 2 fully saturated rings. The van der Waals surface area contributed by atoms with E-state index in [4.69, 9.17) is 33.2 Å². The van der Waals surface area contributed by atoms with Crippen LogP contribution < -0.4 is 14.7 Å². The Morgan fingerprint density at radius 3 is 2.42 bits per heavy atom. The Hall–Kier alpha value is -2.64. The average Bonchev–Trinajstić information content (AvgIpc) is 3.27. The third-order valence-electron chi connectivity index (χ3n) is 6.37. The molecule has 1 aromatic carbocycles. The minimum absolute atomic E-state index is 0.0876. The minimum atomic E-state index is -0.438. The molecule has 2 saturated heterocycles. The first-order chi connectivity index (χ1) is 16.0. The molecule has 0 unspecified atom stereocenters. The molecule has 0 saturated carbocycles.